The molecule has 0 aromatic carbocycles. The van der Waals surface area contributed by atoms with Gasteiger partial charge in [-0.1, -0.05) is 34.6 Å². The molecule has 0 atom stereocenters. The summed E-state index contributed by atoms with van der Waals surface area (Å²) in [7, 11) is 0. The Labute approximate surface area is 120 Å². The highest BCUT2D eigenvalue weighted by Crippen LogP contribution is 2.24. The van der Waals surface area contributed by atoms with Gasteiger partial charge in [-0.25, -0.2) is 0 Å². The lowest BCUT2D eigenvalue weighted by molar-refractivity contribution is -0.0747. The van der Waals surface area contributed by atoms with Gasteiger partial charge in [0.1, 0.15) is 0 Å². The van der Waals surface area contributed by atoms with Crippen LogP contribution in [0.2, 0.25) is 0 Å². The summed E-state index contributed by atoms with van der Waals surface area (Å²) in [5.41, 5.74) is 0.0131. The first-order valence-electron chi connectivity index (χ1n) is 7.83. The molecule has 0 fully saturated rings. The third kappa shape index (κ3) is 9.42. The Hall–Kier alpha value is -0.120. The van der Waals surface area contributed by atoms with Gasteiger partial charge in [0.05, 0.1) is 19.8 Å². The van der Waals surface area contributed by atoms with Crippen LogP contribution in [0.4, 0.5) is 0 Å². The van der Waals surface area contributed by atoms with Crippen molar-refractivity contribution in [1.82, 2.24) is 0 Å². The topological polar surface area (TPSA) is 27.7 Å². The molecular weight excluding hydrogens is 240 g/mol. The van der Waals surface area contributed by atoms with E-state index in [0.29, 0.717) is 5.92 Å². The minimum atomic E-state index is 0.0131. The smallest absolute Gasteiger partial charge is 0.0566 e. The van der Waals surface area contributed by atoms with Gasteiger partial charge in [0.25, 0.3) is 0 Å². The van der Waals surface area contributed by atoms with E-state index in [9.17, 15) is 0 Å². The van der Waals surface area contributed by atoms with Crippen molar-refractivity contribution in [2.45, 2.75) is 53.9 Å². The van der Waals surface area contributed by atoms with Crippen LogP contribution in [0, 0.1) is 11.3 Å². The van der Waals surface area contributed by atoms with Crippen molar-refractivity contribution in [2.24, 2.45) is 11.3 Å². The van der Waals surface area contributed by atoms with Crippen LogP contribution in [-0.2, 0) is 14.2 Å². The molecule has 0 aromatic rings. The lowest BCUT2D eigenvalue weighted by Gasteiger charge is -2.32. The van der Waals surface area contributed by atoms with E-state index in [-0.39, 0.29) is 5.41 Å². The molecule has 0 bridgehead atoms. The zero-order valence-corrected chi connectivity index (χ0v) is 13.7. The predicted octanol–water partition coefficient (Wildman–Crippen LogP) is 3.91. The molecule has 0 rings (SSSR count). The molecule has 0 radical (unpaired) electrons. The van der Waals surface area contributed by atoms with Gasteiger partial charge in [-0.15, -0.1) is 0 Å². The normalized spacial score (nSPS) is 12.3. The number of rotatable bonds is 13. The standard InChI is InChI=1S/C16H34O3/c1-6-9-17-12-16(8-3,13-18-10-7-2)14-19-11-15(4)5/h15H,6-14H2,1-5H3. The summed E-state index contributed by atoms with van der Waals surface area (Å²) in [5, 5.41) is 0. The molecule has 0 N–H and O–H groups in total. The molecule has 0 aromatic heterocycles. The van der Waals surface area contributed by atoms with E-state index in [1.165, 1.54) is 0 Å². The molecule has 0 amide bonds. The second-order valence-corrected chi connectivity index (χ2v) is 5.87. The van der Waals surface area contributed by atoms with Crippen molar-refractivity contribution >= 4 is 0 Å². The molecule has 19 heavy (non-hydrogen) atoms. The summed E-state index contributed by atoms with van der Waals surface area (Å²) in [6, 6.07) is 0. The van der Waals surface area contributed by atoms with E-state index in [0.717, 1.165) is 58.9 Å². The van der Waals surface area contributed by atoms with Crippen LogP contribution in [0.15, 0.2) is 0 Å². The van der Waals surface area contributed by atoms with Crippen LogP contribution in [0.5, 0.6) is 0 Å². The van der Waals surface area contributed by atoms with Gasteiger partial charge in [-0.3, -0.25) is 0 Å². The van der Waals surface area contributed by atoms with Gasteiger partial charge < -0.3 is 14.2 Å². The van der Waals surface area contributed by atoms with Crippen molar-refractivity contribution in [2.75, 3.05) is 39.6 Å². The monoisotopic (exact) mass is 274 g/mol. The first-order chi connectivity index (χ1) is 9.10. The summed E-state index contributed by atoms with van der Waals surface area (Å²) in [4.78, 5) is 0. The fraction of sp³-hybridized carbons (Fsp3) is 1.00. The van der Waals surface area contributed by atoms with E-state index in [4.69, 9.17) is 14.2 Å². The third-order valence-electron chi connectivity index (χ3n) is 3.12. The molecule has 0 unspecified atom stereocenters. The highest BCUT2D eigenvalue weighted by atomic mass is 16.5. The maximum atomic E-state index is 5.85. The Morgan fingerprint density at radius 3 is 1.63 bits per heavy atom. The van der Waals surface area contributed by atoms with Crippen LogP contribution in [0.25, 0.3) is 0 Å². The molecule has 3 heteroatoms. The average Bonchev–Trinajstić information content (AvgIpc) is 2.38. The van der Waals surface area contributed by atoms with Gasteiger partial charge in [0.15, 0.2) is 0 Å². The maximum Gasteiger partial charge on any atom is 0.0566 e. The second kappa shape index (κ2) is 11.7. The van der Waals surface area contributed by atoms with Crippen molar-refractivity contribution in [1.29, 1.82) is 0 Å². The first-order valence-corrected chi connectivity index (χ1v) is 7.83. The molecule has 0 aliphatic heterocycles. The van der Waals surface area contributed by atoms with Gasteiger partial charge in [-0.2, -0.15) is 0 Å². The predicted molar refractivity (Wildman–Crippen MR) is 80.6 cm³/mol. The highest BCUT2D eigenvalue weighted by Gasteiger charge is 2.29. The summed E-state index contributed by atoms with van der Waals surface area (Å²) >= 11 is 0. The van der Waals surface area contributed by atoms with Gasteiger partial charge in [-0.05, 0) is 25.2 Å². The molecular formula is C16H34O3. The Bertz CT molecular complexity index is 182. The van der Waals surface area contributed by atoms with Crippen molar-refractivity contribution in [3.05, 3.63) is 0 Å². The second-order valence-electron chi connectivity index (χ2n) is 5.87. The minimum absolute atomic E-state index is 0.0131. The van der Waals surface area contributed by atoms with E-state index in [1.54, 1.807) is 0 Å². The molecule has 0 saturated heterocycles. The number of hydrogen-bond acceptors (Lipinski definition) is 3. The molecule has 0 spiro atoms. The average molecular weight is 274 g/mol. The van der Waals surface area contributed by atoms with Gasteiger partial charge >= 0.3 is 0 Å². The fourth-order valence-corrected chi connectivity index (χ4v) is 1.81. The zero-order chi connectivity index (χ0) is 14.6. The molecule has 0 aliphatic carbocycles. The fourth-order valence-electron chi connectivity index (χ4n) is 1.81. The first kappa shape index (κ1) is 18.9. The van der Waals surface area contributed by atoms with Crippen molar-refractivity contribution in [3.63, 3.8) is 0 Å². The van der Waals surface area contributed by atoms with Gasteiger partial charge in [0.2, 0.25) is 0 Å². The Morgan fingerprint density at radius 1 is 0.789 bits per heavy atom. The number of hydrogen-bond donors (Lipinski definition) is 0. The summed E-state index contributed by atoms with van der Waals surface area (Å²) < 4.78 is 17.4. The van der Waals surface area contributed by atoms with E-state index < -0.39 is 0 Å². The van der Waals surface area contributed by atoms with Crippen molar-refractivity contribution < 1.29 is 14.2 Å². The Morgan fingerprint density at radius 2 is 1.26 bits per heavy atom. The molecule has 0 aliphatic rings. The Balaban J connectivity index is 4.28. The van der Waals surface area contributed by atoms with Crippen molar-refractivity contribution in [3.8, 4) is 0 Å². The highest BCUT2D eigenvalue weighted by molar-refractivity contribution is 4.77. The third-order valence-corrected chi connectivity index (χ3v) is 3.12. The molecule has 0 heterocycles. The maximum absolute atomic E-state index is 5.85. The largest absolute Gasteiger partial charge is 0.381 e. The Kier molecular flexibility index (Phi) is 11.6. The number of ether oxygens (including phenoxy) is 3. The zero-order valence-electron chi connectivity index (χ0n) is 13.7. The van der Waals surface area contributed by atoms with Crippen LogP contribution < -0.4 is 0 Å². The molecule has 0 saturated carbocycles. The lowest BCUT2D eigenvalue weighted by Crippen LogP contribution is -2.37. The SMILES string of the molecule is CCCOCC(CC)(COCCC)COCC(C)C. The quantitative estimate of drug-likeness (QED) is 0.477. The molecule has 116 valence electrons. The lowest BCUT2D eigenvalue weighted by atomic mass is 9.88. The van der Waals surface area contributed by atoms with E-state index >= 15 is 0 Å². The minimum Gasteiger partial charge on any atom is -0.381 e. The molecule has 3 nitrogen and oxygen atoms in total. The van der Waals surface area contributed by atoms with Crippen LogP contribution in [0.3, 0.4) is 0 Å². The van der Waals surface area contributed by atoms with Crippen LogP contribution in [-0.4, -0.2) is 39.6 Å². The summed E-state index contributed by atoms with van der Waals surface area (Å²) in [5.74, 6) is 0.572. The van der Waals surface area contributed by atoms with E-state index in [2.05, 4.69) is 34.6 Å². The van der Waals surface area contributed by atoms with Crippen LogP contribution in [0.1, 0.15) is 53.9 Å². The van der Waals surface area contributed by atoms with Crippen LogP contribution >= 0.6 is 0 Å². The van der Waals surface area contributed by atoms with Gasteiger partial charge in [0, 0.05) is 25.2 Å². The van der Waals surface area contributed by atoms with E-state index in [1.807, 2.05) is 0 Å². The summed E-state index contributed by atoms with van der Waals surface area (Å²) in [6.45, 7) is 15.5. The summed E-state index contributed by atoms with van der Waals surface area (Å²) in [6.07, 6.45) is 3.14.